The smallest absolute Gasteiger partial charge is 0.257 e. The fourth-order valence-electron chi connectivity index (χ4n) is 3.12. The van der Waals surface area contributed by atoms with Crippen LogP contribution in [-0.4, -0.2) is 62.0 Å². The number of piperazine rings is 1. The predicted molar refractivity (Wildman–Crippen MR) is 102 cm³/mol. The van der Waals surface area contributed by atoms with E-state index in [1.807, 2.05) is 0 Å². The molecule has 1 fully saturated rings. The maximum atomic E-state index is 12.9. The quantitative estimate of drug-likeness (QED) is 0.832. The molecule has 7 nitrogen and oxygen atoms in total. The number of hydrogen-bond acceptors (Lipinski definition) is 5. The number of carbonyl (C=O) groups excluding carboxylic acids is 2. The van der Waals surface area contributed by atoms with Crippen molar-refractivity contribution < 1.29 is 19.1 Å². The van der Waals surface area contributed by atoms with Crippen LogP contribution in [0.25, 0.3) is 0 Å². The molecule has 2 aromatic rings. The van der Waals surface area contributed by atoms with Crippen LogP contribution in [0.15, 0.2) is 42.5 Å². The van der Waals surface area contributed by atoms with E-state index in [9.17, 15) is 9.59 Å². The number of ether oxygens (including phenoxy) is 2. The molecule has 0 saturated carbocycles. The Balaban J connectivity index is 1.68. The van der Waals surface area contributed by atoms with Gasteiger partial charge in [0, 0.05) is 37.9 Å². The van der Waals surface area contributed by atoms with Gasteiger partial charge in [0.05, 0.1) is 25.3 Å². The van der Waals surface area contributed by atoms with Gasteiger partial charge in [0.2, 0.25) is 0 Å². The van der Waals surface area contributed by atoms with Gasteiger partial charge in [-0.3, -0.25) is 9.59 Å². The van der Waals surface area contributed by atoms with E-state index >= 15 is 0 Å². The number of nitrogens with zero attached hydrogens (tertiary/aromatic N) is 2. The van der Waals surface area contributed by atoms with Crippen molar-refractivity contribution in [1.29, 1.82) is 0 Å². The Labute approximate surface area is 158 Å². The summed E-state index contributed by atoms with van der Waals surface area (Å²) in [4.78, 5) is 29.0. The van der Waals surface area contributed by atoms with Crippen LogP contribution in [0.2, 0.25) is 0 Å². The molecule has 1 aliphatic heterocycles. The standard InChI is InChI=1S/C20H23N3O4/c1-26-14-7-8-16(18(13-14)27-2)20(25)23-11-9-22(10-12-23)19(24)15-5-3-4-6-17(15)21/h3-8,13H,9-12,21H2,1-2H3. The van der Waals surface area contributed by atoms with Gasteiger partial charge < -0.3 is 25.0 Å². The third-order valence-corrected chi connectivity index (χ3v) is 4.68. The van der Waals surface area contributed by atoms with Crippen LogP contribution in [0.3, 0.4) is 0 Å². The fraction of sp³-hybridized carbons (Fsp3) is 0.300. The van der Waals surface area contributed by atoms with E-state index in [4.69, 9.17) is 15.2 Å². The summed E-state index contributed by atoms with van der Waals surface area (Å²) in [6.45, 7) is 1.81. The van der Waals surface area contributed by atoms with Crippen LogP contribution in [0.4, 0.5) is 5.69 Å². The highest BCUT2D eigenvalue weighted by atomic mass is 16.5. The molecule has 2 N–H and O–H groups in total. The molecule has 0 spiro atoms. The molecule has 3 rings (SSSR count). The molecule has 0 radical (unpaired) electrons. The molecule has 7 heteroatoms. The zero-order valence-electron chi connectivity index (χ0n) is 15.5. The number of anilines is 1. The second-order valence-corrected chi connectivity index (χ2v) is 6.24. The average Bonchev–Trinajstić information content (AvgIpc) is 2.72. The number of para-hydroxylation sites is 1. The van der Waals surface area contributed by atoms with Gasteiger partial charge in [-0.05, 0) is 24.3 Å². The number of nitrogens with two attached hydrogens (primary N) is 1. The molecule has 0 unspecified atom stereocenters. The van der Waals surface area contributed by atoms with Crippen LogP contribution in [0.1, 0.15) is 20.7 Å². The summed E-state index contributed by atoms with van der Waals surface area (Å²) in [5.41, 5.74) is 7.33. The summed E-state index contributed by atoms with van der Waals surface area (Å²) in [6, 6.07) is 12.1. The van der Waals surface area contributed by atoms with Crippen LogP contribution >= 0.6 is 0 Å². The van der Waals surface area contributed by atoms with Crippen LogP contribution in [0, 0.1) is 0 Å². The number of nitrogen functional groups attached to an aromatic ring is 1. The molecule has 1 saturated heterocycles. The molecule has 27 heavy (non-hydrogen) atoms. The van der Waals surface area contributed by atoms with Crippen LogP contribution in [-0.2, 0) is 0 Å². The molecule has 0 aromatic heterocycles. The van der Waals surface area contributed by atoms with Crippen molar-refractivity contribution in [2.75, 3.05) is 46.1 Å². The monoisotopic (exact) mass is 369 g/mol. The molecule has 142 valence electrons. The maximum absolute atomic E-state index is 12.9. The van der Waals surface area contributed by atoms with E-state index in [0.717, 1.165) is 0 Å². The molecule has 1 heterocycles. The first-order chi connectivity index (χ1) is 13.0. The average molecular weight is 369 g/mol. The number of amides is 2. The lowest BCUT2D eigenvalue weighted by Crippen LogP contribution is -2.50. The van der Waals surface area contributed by atoms with E-state index in [1.165, 1.54) is 7.11 Å². The normalized spacial score (nSPS) is 14.0. The molecular formula is C20H23N3O4. The van der Waals surface area contributed by atoms with Gasteiger partial charge in [-0.1, -0.05) is 12.1 Å². The predicted octanol–water partition coefficient (Wildman–Crippen LogP) is 1.88. The van der Waals surface area contributed by atoms with Gasteiger partial charge in [0.25, 0.3) is 11.8 Å². The zero-order valence-corrected chi connectivity index (χ0v) is 15.5. The highest BCUT2D eigenvalue weighted by Crippen LogP contribution is 2.26. The largest absolute Gasteiger partial charge is 0.497 e. The Bertz CT molecular complexity index is 845. The Hall–Kier alpha value is -3.22. The number of benzene rings is 2. The van der Waals surface area contributed by atoms with E-state index in [0.29, 0.717) is 54.5 Å². The molecule has 0 aliphatic carbocycles. The summed E-state index contributed by atoms with van der Waals surface area (Å²) < 4.78 is 10.5. The lowest BCUT2D eigenvalue weighted by Gasteiger charge is -2.35. The van der Waals surface area contributed by atoms with Crippen molar-refractivity contribution in [3.05, 3.63) is 53.6 Å². The maximum Gasteiger partial charge on any atom is 0.257 e. The molecule has 2 amide bonds. The highest BCUT2D eigenvalue weighted by molar-refractivity contribution is 6.00. The third-order valence-electron chi connectivity index (χ3n) is 4.68. The van der Waals surface area contributed by atoms with Gasteiger partial charge in [0.15, 0.2) is 0 Å². The van der Waals surface area contributed by atoms with Gasteiger partial charge in [0.1, 0.15) is 11.5 Å². The van der Waals surface area contributed by atoms with Crippen molar-refractivity contribution >= 4 is 17.5 Å². The summed E-state index contributed by atoms with van der Waals surface area (Å²) in [7, 11) is 3.08. The van der Waals surface area contributed by atoms with Crippen molar-refractivity contribution in [2.24, 2.45) is 0 Å². The number of hydrogen-bond donors (Lipinski definition) is 1. The summed E-state index contributed by atoms with van der Waals surface area (Å²) in [6.07, 6.45) is 0. The summed E-state index contributed by atoms with van der Waals surface area (Å²) >= 11 is 0. The minimum Gasteiger partial charge on any atom is -0.497 e. The molecule has 2 aromatic carbocycles. The SMILES string of the molecule is COc1ccc(C(=O)N2CCN(C(=O)c3ccccc3N)CC2)c(OC)c1. The molecule has 0 bridgehead atoms. The number of rotatable bonds is 4. The summed E-state index contributed by atoms with van der Waals surface area (Å²) in [5.74, 6) is 0.859. The van der Waals surface area contributed by atoms with E-state index in [2.05, 4.69) is 0 Å². The molecule has 0 atom stereocenters. The van der Waals surface area contributed by atoms with Crippen molar-refractivity contribution in [3.8, 4) is 11.5 Å². The first-order valence-corrected chi connectivity index (χ1v) is 8.70. The number of methoxy groups -OCH3 is 2. The van der Waals surface area contributed by atoms with Gasteiger partial charge in [-0.25, -0.2) is 0 Å². The summed E-state index contributed by atoms with van der Waals surface area (Å²) in [5, 5.41) is 0. The zero-order chi connectivity index (χ0) is 19.4. The Kier molecular flexibility index (Phi) is 5.49. The minimum atomic E-state index is -0.124. The molecule has 1 aliphatic rings. The van der Waals surface area contributed by atoms with E-state index < -0.39 is 0 Å². The van der Waals surface area contributed by atoms with Crippen molar-refractivity contribution in [2.45, 2.75) is 0 Å². The van der Waals surface area contributed by atoms with Crippen molar-refractivity contribution in [3.63, 3.8) is 0 Å². The number of carbonyl (C=O) groups is 2. The lowest BCUT2D eigenvalue weighted by molar-refractivity contribution is 0.0534. The second kappa shape index (κ2) is 7.99. The first kappa shape index (κ1) is 18.6. The molecular weight excluding hydrogens is 346 g/mol. The Morgan fingerprint density at radius 1 is 0.852 bits per heavy atom. The van der Waals surface area contributed by atoms with Crippen molar-refractivity contribution in [1.82, 2.24) is 9.80 Å². The van der Waals surface area contributed by atoms with Gasteiger partial charge in [-0.2, -0.15) is 0 Å². The third kappa shape index (κ3) is 3.81. The Morgan fingerprint density at radius 3 is 2.00 bits per heavy atom. The second-order valence-electron chi connectivity index (χ2n) is 6.24. The Morgan fingerprint density at radius 2 is 1.44 bits per heavy atom. The fourth-order valence-corrected chi connectivity index (χ4v) is 3.12. The van der Waals surface area contributed by atoms with Crippen LogP contribution < -0.4 is 15.2 Å². The lowest BCUT2D eigenvalue weighted by atomic mass is 10.1. The van der Waals surface area contributed by atoms with E-state index in [1.54, 1.807) is 59.4 Å². The first-order valence-electron chi connectivity index (χ1n) is 8.70. The van der Waals surface area contributed by atoms with Crippen LogP contribution in [0.5, 0.6) is 11.5 Å². The highest BCUT2D eigenvalue weighted by Gasteiger charge is 2.27. The topological polar surface area (TPSA) is 85.1 Å². The van der Waals surface area contributed by atoms with E-state index in [-0.39, 0.29) is 11.8 Å². The van der Waals surface area contributed by atoms with Gasteiger partial charge >= 0.3 is 0 Å². The van der Waals surface area contributed by atoms with Gasteiger partial charge in [-0.15, -0.1) is 0 Å². The minimum absolute atomic E-state index is 0.109.